The van der Waals surface area contributed by atoms with Gasteiger partial charge in [0.15, 0.2) is 6.61 Å². The number of para-hydroxylation sites is 1. The van der Waals surface area contributed by atoms with Crippen molar-refractivity contribution in [2.75, 3.05) is 13.2 Å². The third-order valence-corrected chi connectivity index (χ3v) is 3.63. The second kappa shape index (κ2) is 6.97. The van der Waals surface area contributed by atoms with Crippen LogP contribution < -0.4 is 4.74 Å². The largest absolute Gasteiger partial charge is 0.481 e. The number of carbonyl (C=O) groups excluding carboxylic acids is 2. The highest BCUT2D eigenvalue weighted by Crippen LogP contribution is 2.33. The molecule has 1 aliphatic heterocycles. The zero-order chi connectivity index (χ0) is 17.0. The minimum atomic E-state index is -1.29. The lowest BCUT2D eigenvalue weighted by atomic mass is 10.2. The SMILES string of the molecule is O=C(O)COc1ccccc1/C=C1\SC(=O)N(CC(=O)O)C1=O. The second-order valence-electron chi connectivity index (χ2n) is 4.38. The number of rotatable bonds is 6. The molecular weight excluding hydrogens is 326 g/mol. The van der Waals surface area contributed by atoms with E-state index in [4.69, 9.17) is 14.9 Å². The number of hydrogen-bond acceptors (Lipinski definition) is 6. The van der Waals surface area contributed by atoms with Crippen LogP contribution in [0.1, 0.15) is 5.56 Å². The number of benzene rings is 1. The summed E-state index contributed by atoms with van der Waals surface area (Å²) >= 11 is 0.615. The number of hydrogen-bond donors (Lipinski definition) is 2. The molecule has 0 saturated carbocycles. The van der Waals surface area contributed by atoms with Crippen molar-refractivity contribution < 1.29 is 34.1 Å². The van der Waals surface area contributed by atoms with Gasteiger partial charge in [-0.25, -0.2) is 4.79 Å². The molecule has 1 fully saturated rings. The summed E-state index contributed by atoms with van der Waals surface area (Å²) in [5, 5.41) is 16.7. The Morgan fingerprint density at radius 3 is 2.52 bits per heavy atom. The van der Waals surface area contributed by atoms with Crippen molar-refractivity contribution in [2.24, 2.45) is 0 Å². The maximum Gasteiger partial charge on any atom is 0.341 e. The maximum absolute atomic E-state index is 12.1. The molecule has 0 unspecified atom stereocenters. The molecule has 2 rings (SSSR count). The van der Waals surface area contributed by atoms with Crippen molar-refractivity contribution >= 4 is 40.9 Å². The highest BCUT2D eigenvalue weighted by molar-refractivity contribution is 8.18. The van der Waals surface area contributed by atoms with Gasteiger partial charge in [0.25, 0.3) is 11.1 Å². The molecule has 0 aromatic heterocycles. The van der Waals surface area contributed by atoms with E-state index in [1.165, 1.54) is 12.1 Å². The molecule has 0 aliphatic carbocycles. The average Bonchev–Trinajstić information content (AvgIpc) is 2.73. The summed E-state index contributed by atoms with van der Waals surface area (Å²) in [5.74, 6) is -2.92. The molecule has 8 nitrogen and oxygen atoms in total. The molecule has 23 heavy (non-hydrogen) atoms. The standard InChI is InChI=1S/C14H11NO7S/c16-11(17)6-15-13(20)10(23-14(15)21)5-8-3-1-2-4-9(8)22-7-12(18)19/h1-5H,6-7H2,(H,16,17)(H,18,19)/b10-5-. The molecule has 1 saturated heterocycles. The molecule has 2 N–H and O–H groups in total. The summed E-state index contributed by atoms with van der Waals surface area (Å²) in [6.45, 7) is -1.26. The van der Waals surface area contributed by atoms with E-state index in [0.717, 1.165) is 0 Å². The van der Waals surface area contributed by atoms with Crippen LogP contribution in [0, 0.1) is 0 Å². The molecule has 1 aliphatic rings. The highest BCUT2D eigenvalue weighted by Gasteiger charge is 2.36. The molecule has 1 aromatic rings. The number of ether oxygens (including phenoxy) is 1. The van der Waals surface area contributed by atoms with E-state index in [1.54, 1.807) is 18.2 Å². The normalized spacial score (nSPS) is 16.0. The lowest BCUT2D eigenvalue weighted by Gasteiger charge is -2.08. The van der Waals surface area contributed by atoms with Gasteiger partial charge < -0.3 is 14.9 Å². The summed E-state index contributed by atoms with van der Waals surface area (Å²) in [6.07, 6.45) is 1.37. The lowest BCUT2D eigenvalue weighted by Crippen LogP contribution is -2.33. The van der Waals surface area contributed by atoms with Gasteiger partial charge in [-0.05, 0) is 23.9 Å². The van der Waals surface area contributed by atoms with Crippen molar-refractivity contribution in [2.45, 2.75) is 0 Å². The van der Waals surface area contributed by atoms with E-state index in [2.05, 4.69) is 0 Å². The number of carboxylic acid groups (broad SMARTS) is 2. The molecule has 120 valence electrons. The molecule has 2 amide bonds. The van der Waals surface area contributed by atoms with Crippen LogP contribution in [0.2, 0.25) is 0 Å². The third-order valence-electron chi connectivity index (χ3n) is 2.72. The third kappa shape index (κ3) is 4.10. The van der Waals surface area contributed by atoms with E-state index in [9.17, 15) is 19.2 Å². The van der Waals surface area contributed by atoms with Crippen LogP contribution in [-0.2, 0) is 14.4 Å². The van der Waals surface area contributed by atoms with E-state index in [1.807, 2.05) is 0 Å². The summed E-state index contributed by atoms with van der Waals surface area (Å²) in [5.41, 5.74) is 0.412. The first-order chi connectivity index (χ1) is 10.9. The summed E-state index contributed by atoms with van der Waals surface area (Å²) in [7, 11) is 0. The van der Waals surface area contributed by atoms with Gasteiger partial charge in [-0.15, -0.1) is 0 Å². The molecule has 9 heteroatoms. The Morgan fingerprint density at radius 2 is 1.87 bits per heavy atom. The first-order valence-electron chi connectivity index (χ1n) is 6.29. The van der Waals surface area contributed by atoms with E-state index < -0.39 is 36.2 Å². The second-order valence-corrected chi connectivity index (χ2v) is 5.38. The Balaban J connectivity index is 2.25. The van der Waals surface area contributed by atoms with Crippen LogP contribution in [0.4, 0.5) is 4.79 Å². The molecule has 1 heterocycles. The number of thioether (sulfide) groups is 1. The first-order valence-corrected chi connectivity index (χ1v) is 7.11. The molecule has 0 spiro atoms. The number of carbonyl (C=O) groups is 4. The predicted molar refractivity (Wildman–Crippen MR) is 79.9 cm³/mol. The maximum atomic E-state index is 12.1. The summed E-state index contributed by atoms with van der Waals surface area (Å²) in [6, 6.07) is 6.39. The van der Waals surface area contributed by atoms with Gasteiger partial charge in [-0.2, -0.15) is 0 Å². The van der Waals surface area contributed by atoms with Gasteiger partial charge in [0.1, 0.15) is 12.3 Å². The van der Waals surface area contributed by atoms with Crippen LogP contribution in [0.5, 0.6) is 5.75 Å². The number of nitrogens with zero attached hydrogens (tertiary/aromatic N) is 1. The Morgan fingerprint density at radius 1 is 1.17 bits per heavy atom. The van der Waals surface area contributed by atoms with E-state index in [0.29, 0.717) is 22.2 Å². The Hall–Kier alpha value is -2.81. The van der Waals surface area contributed by atoms with Gasteiger partial charge in [0, 0.05) is 5.56 Å². The zero-order valence-electron chi connectivity index (χ0n) is 11.6. The lowest BCUT2D eigenvalue weighted by molar-refractivity contribution is -0.140. The van der Waals surface area contributed by atoms with Crippen LogP contribution >= 0.6 is 11.8 Å². The molecular formula is C14H11NO7S. The van der Waals surface area contributed by atoms with E-state index in [-0.39, 0.29) is 10.7 Å². The summed E-state index contributed by atoms with van der Waals surface area (Å²) in [4.78, 5) is 45.6. The van der Waals surface area contributed by atoms with Gasteiger partial charge in [0.2, 0.25) is 0 Å². The minimum Gasteiger partial charge on any atom is -0.481 e. The smallest absolute Gasteiger partial charge is 0.341 e. The fourth-order valence-corrected chi connectivity index (χ4v) is 2.61. The molecule has 0 bridgehead atoms. The van der Waals surface area contributed by atoms with Gasteiger partial charge in [-0.1, -0.05) is 18.2 Å². The first kappa shape index (κ1) is 16.6. The molecule has 0 radical (unpaired) electrons. The molecule has 1 aromatic carbocycles. The average molecular weight is 337 g/mol. The fourth-order valence-electron chi connectivity index (χ4n) is 1.78. The van der Waals surface area contributed by atoms with Crippen LogP contribution in [0.15, 0.2) is 29.2 Å². The number of amides is 2. The highest BCUT2D eigenvalue weighted by atomic mass is 32.2. The Bertz CT molecular complexity index is 713. The van der Waals surface area contributed by atoms with Crippen molar-refractivity contribution in [3.63, 3.8) is 0 Å². The monoisotopic (exact) mass is 337 g/mol. The number of aliphatic carboxylic acids is 2. The Kier molecular flexibility index (Phi) is 5.02. The van der Waals surface area contributed by atoms with E-state index >= 15 is 0 Å². The Labute approximate surface area is 134 Å². The van der Waals surface area contributed by atoms with Crippen LogP contribution in [0.3, 0.4) is 0 Å². The van der Waals surface area contributed by atoms with Crippen molar-refractivity contribution in [1.29, 1.82) is 0 Å². The van der Waals surface area contributed by atoms with Crippen molar-refractivity contribution in [3.8, 4) is 5.75 Å². The van der Waals surface area contributed by atoms with Gasteiger partial charge in [-0.3, -0.25) is 19.3 Å². The predicted octanol–water partition coefficient (Wildman–Crippen LogP) is 1.27. The van der Waals surface area contributed by atoms with Crippen molar-refractivity contribution in [3.05, 3.63) is 34.7 Å². The minimum absolute atomic E-state index is 0.0441. The van der Waals surface area contributed by atoms with Gasteiger partial charge in [0.05, 0.1) is 4.91 Å². The zero-order valence-corrected chi connectivity index (χ0v) is 12.4. The van der Waals surface area contributed by atoms with Crippen molar-refractivity contribution in [1.82, 2.24) is 4.90 Å². The quantitative estimate of drug-likeness (QED) is 0.744. The fraction of sp³-hybridized carbons (Fsp3) is 0.143. The van der Waals surface area contributed by atoms with Crippen LogP contribution in [0.25, 0.3) is 6.08 Å². The summed E-state index contributed by atoms with van der Waals surface area (Å²) < 4.78 is 5.11. The van der Waals surface area contributed by atoms with Crippen LogP contribution in [-0.4, -0.2) is 51.3 Å². The van der Waals surface area contributed by atoms with Gasteiger partial charge >= 0.3 is 11.9 Å². The topological polar surface area (TPSA) is 121 Å². The number of carboxylic acids is 2. The number of imide groups is 1. The molecule has 0 atom stereocenters.